The van der Waals surface area contributed by atoms with Crippen molar-refractivity contribution in [1.82, 2.24) is 4.90 Å². The van der Waals surface area contributed by atoms with E-state index in [-0.39, 0.29) is 0 Å². The largest absolute Gasteiger partial charge is 0.493 e. The number of benzene rings is 1. The molecular formula is C17H19NO4S. The van der Waals surface area contributed by atoms with Gasteiger partial charge in [0.05, 0.1) is 14.2 Å². The van der Waals surface area contributed by atoms with Gasteiger partial charge in [0.25, 0.3) is 0 Å². The maximum Gasteiger partial charge on any atom is 0.325 e. The van der Waals surface area contributed by atoms with Crippen molar-refractivity contribution in [3.8, 4) is 11.5 Å². The molecule has 2 aromatic rings. The van der Waals surface area contributed by atoms with Crippen LogP contribution in [-0.2, 0) is 17.8 Å². The minimum atomic E-state index is -0.813. The van der Waals surface area contributed by atoms with Crippen molar-refractivity contribution >= 4 is 17.3 Å². The van der Waals surface area contributed by atoms with E-state index in [2.05, 4.69) is 0 Å². The molecule has 1 aliphatic rings. The van der Waals surface area contributed by atoms with E-state index in [1.165, 1.54) is 16.9 Å². The minimum Gasteiger partial charge on any atom is -0.493 e. The molecule has 0 saturated heterocycles. The highest BCUT2D eigenvalue weighted by Crippen LogP contribution is 2.35. The average molecular weight is 333 g/mol. The van der Waals surface area contributed by atoms with Crippen molar-refractivity contribution in [2.75, 3.05) is 20.8 Å². The topological polar surface area (TPSA) is 59.0 Å². The number of thiophene rings is 1. The van der Waals surface area contributed by atoms with Crippen LogP contribution >= 0.6 is 11.3 Å². The van der Waals surface area contributed by atoms with Crippen molar-refractivity contribution in [3.05, 3.63) is 45.6 Å². The van der Waals surface area contributed by atoms with Crippen LogP contribution in [0.15, 0.2) is 29.0 Å². The Hall–Kier alpha value is -2.05. The number of carbonyl (C=O) groups is 1. The zero-order chi connectivity index (χ0) is 16.4. The quantitative estimate of drug-likeness (QED) is 0.912. The summed E-state index contributed by atoms with van der Waals surface area (Å²) < 4.78 is 10.7. The Labute approximate surface area is 139 Å². The van der Waals surface area contributed by atoms with Gasteiger partial charge in [0.1, 0.15) is 6.04 Å². The summed E-state index contributed by atoms with van der Waals surface area (Å²) >= 11 is 1.52. The fourth-order valence-electron chi connectivity index (χ4n) is 3.07. The number of hydrogen-bond acceptors (Lipinski definition) is 5. The van der Waals surface area contributed by atoms with Crippen LogP contribution in [-0.4, -0.2) is 36.7 Å². The molecule has 1 unspecified atom stereocenters. The summed E-state index contributed by atoms with van der Waals surface area (Å²) in [5.74, 6) is 0.579. The maximum atomic E-state index is 11.8. The lowest BCUT2D eigenvalue weighted by molar-refractivity contribution is -0.144. The third-order valence-electron chi connectivity index (χ3n) is 4.21. The number of nitrogens with zero attached hydrogens (tertiary/aromatic N) is 1. The Morgan fingerprint density at radius 3 is 2.52 bits per heavy atom. The van der Waals surface area contributed by atoms with E-state index >= 15 is 0 Å². The van der Waals surface area contributed by atoms with Crippen molar-refractivity contribution in [2.45, 2.75) is 19.0 Å². The average Bonchev–Trinajstić information content (AvgIpc) is 3.07. The van der Waals surface area contributed by atoms with Crippen molar-refractivity contribution in [2.24, 2.45) is 0 Å². The molecule has 1 aromatic carbocycles. The maximum absolute atomic E-state index is 11.8. The molecule has 1 atom stereocenters. The molecule has 3 rings (SSSR count). The predicted octanol–water partition coefficient (Wildman–Crippen LogP) is 2.95. The lowest BCUT2D eigenvalue weighted by Crippen LogP contribution is -2.37. The molecule has 0 radical (unpaired) electrons. The lowest BCUT2D eigenvalue weighted by Gasteiger charge is -2.33. The molecule has 1 aromatic heterocycles. The molecule has 1 aliphatic heterocycles. The second-order valence-electron chi connectivity index (χ2n) is 5.49. The molecule has 0 aliphatic carbocycles. The number of methoxy groups -OCH3 is 2. The summed E-state index contributed by atoms with van der Waals surface area (Å²) in [7, 11) is 3.23. The third kappa shape index (κ3) is 3.04. The summed E-state index contributed by atoms with van der Waals surface area (Å²) in [4.78, 5) is 13.7. The molecular weight excluding hydrogens is 314 g/mol. The molecule has 0 saturated carbocycles. The van der Waals surface area contributed by atoms with Gasteiger partial charge >= 0.3 is 5.97 Å². The normalized spacial score (nSPS) is 15.7. The first kappa shape index (κ1) is 15.8. The monoisotopic (exact) mass is 333 g/mol. The van der Waals surface area contributed by atoms with Crippen LogP contribution in [0.2, 0.25) is 0 Å². The molecule has 0 amide bonds. The molecule has 0 bridgehead atoms. The van der Waals surface area contributed by atoms with Crippen LogP contribution in [0, 0.1) is 0 Å². The first-order valence-corrected chi connectivity index (χ1v) is 8.31. The summed E-state index contributed by atoms with van der Waals surface area (Å²) in [5, 5.41) is 13.5. The standard InChI is InChI=1S/C17H19NO4S/c1-21-14-7-11-3-5-18(9-13(11)8-15(14)22-2)16(17(19)20)12-4-6-23-10-12/h4,6-8,10,16H,3,5,9H2,1-2H3,(H,19,20). The van der Waals surface area contributed by atoms with E-state index in [1.54, 1.807) is 14.2 Å². The van der Waals surface area contributed by atoms with Crippen molar-refractivity contribution < 1.29 is 19.4 Å². The molecule has 23 heavy (non-hydrogen) atoms. The van der Waals surface area contributed by atoms with E-state index in [0.29, 0.717) is 24.6 Å². The van der Waals surface area contributed by atoms with Crippen LogP contribution in [0.3, 0.4) is 0 Å². The summed E-state index contributed by atoms with van der Waals surface area (Å²) in [6.45, 7) is 1.29. The molecule has 0 fully saturated rings. The lowest BCUT2D eigenvalue weighted by atomic mass is 9.96. The van der Waals surface area contributed by atoms with Gasteiger partial charge in [-0.15, -0.1) is 0 Å². The molecule has 0 spiro atoms. The van der Waals surface area contributed by atoms with Gasteiger partial charge in [-0.3, -0.25) is 9.69 Å². The van der Waals surface area contributed by atoms with Gasteiger partial charge in [0.2, 0.25) is 0 Å². The highest BCUT2D eigenvalue weighted by atomic mass is 32.1. The van der Waals surface area contributed by atoms with Crippen LogP contribution in [0.25, 0.3) is 0 Å². The van der Waals surface area contributed by atoms with Gasteiger partial charge in [0.15, 0.2) is 11.5 Å². The molecule has 5 nitrogen and oxygen atoms in total. The van der Waals surface area contributed by atoms with Gasteiger partial charge in [-0.1, -0.05) is 0 Å². The number of carboxylic acid groups (broad SMARTS) is 1. The molecule has 6 heteroatoms. The number of carboxylic acids is 1. The Kier molecular flexibility index (Phi) is 4.54. The van der Waals surface area contributed by atoms with Gasteiger partial charge in [-0.2, -0.15) is 11.3 Å². The van der Waals surface area contributed by atoms with Gasteiger partial charge < -0.3 is 14.6 Å². The number of ether oxygens (including phenoxy) is 2. The van der Waals surface area contributed by atoms with E-state index in [1.807, 2.05) is 33.9 Å². The molecule has 1 N–H and O–H groups in total. The number of hydrogen-bond donors (Lipinski definition) is 1. The van der Waals surface area contributed by atoms with E-state index in [9.17, 15) is 9.90 Å². The van der Waals surface area contributed by atoms with Crippen LogP contribution in [0.1, 0.15) is 22.7 Å². The second-order valence-corrected chi connectivity index (χ2v) is 6.27. The fourth-order valence-corrected chi connectivity index (χ4v) is 3.74. The van der Waals surface area contributed by atoms with Crippen molar-refractivity contribution in [1.29, 1.82) is 0 Å². The van der Waals surface area contributed by atoms with Crippen LogP contribution < -0.4 is 9.47 Å². The summed E-state index contributed by atoms with van der Waals surface area (Å²) in [5.41, 5.74) is 3.12. The summed E-state index contributed by atoms with van der Waals surface area (Å²) in [6, 6.07) is 5.22. The van der Waals surface area contributed by atoms with Crippen LogP contribution in [0.4, 0.5) is 0 Å². The summed E-state index contributed by atoms with van der Waals surface area (Å²) in [6.07, 6.45) is 0.795. The van der Waals surface area contributed by atoms with E-state index in [4.69, 9.17) is 9.47 Å². The number of fused-ring (bicyclic) bond motifs is 1. The minimum absolute atomic E-state index is 0.586. The Morgan fingerprint density at radius 2 is 1.96 bits per heavy atom. The Balaban J connectivity index is 1.91. The van der Waals surface area contributed by atoms with Gasteiger partial charge in [-0.05, 0) is 52.1 Å². The SMILES string of the molecule is COc1cc2c(cc1OC)CN(C(C(=O)O)c1ccsc1)CC2. The predicted molar refractivity (Wildman–Crippen MR) is 88.4 cm³/mol. The number of rotatable bonds is 5. The Bertz CT molecular complexity index is 699. The first-order chi connectivity index (χ1) is 11.1. The smallest absolute Gasteiger partial charge is 0.325 e. The van der Waals surface area contributed by atoms with E-state index < -0.39 is 12.0 Å². The first-order valence-electron chi connectivity index (χ1n) is 7.36. The molecule has 122 valence electrons. The molecule has 2 heterocycles. The van der Waals surface area contributed by atoms with Crippen LogP contribution in [0.5, 0.6) is 11.5 Å². The number of aliphatic carboxylic acids is 1. The van der Waals surface area contributed by atoms with Crippen molar-refractivity contribution in [3.63, 3.8) is 0 Å². The highest BCUT2D eigenvalue weighted by molar-refractivity contribution is 7.08. The zero-order valence-corrected chi connectivity index (χ0v) is 13.9. The van der Waals surface area contributed by atoms with Gasteiger partial charge in [0, 0.05) is 13.1 Å². The van der Waals surface area contributed by atoms with Gasteiger partial charge in [-0.25, -0.2) is 0 Å². The third-order valence-corrected chi connectivity index (χ3v) is 4.91. The highest BCUT2D eigenvalue weighted by Gasteiger charge is 2.31. The fraction of sp³-hybridized carbons (Fsp3) is 0.353. The van der Waals surface area contributed by atoms with E-state index in [0.717, 1.165) is 17.5 Å². The Morgan fingerprint density at radius 1 is 1.26 bits per heavy atom. The second kappa shape index (κ2) is 6.60. The zero-order valence-electron chi connectivity index (χ0n) is 13.1.